The van der Waals surface area contributed by atoms with Gasteiger partial charge in [-0.15, -0.1) is 0 Å². The number of carbonyl (C=O) groups excluding carboxylic acids is 1. The van der Waals surface area contributed by atoms with Crippen LogP contribution in [0.1, 0.15) is 43.4 Å². The third-order valence-corrected chi connectivity index (χ3v) is 4.34. The van der Waals surface area contributed by atoms with Gasteiger partial charge in [-0.2, -0.15) is 0 Å². The van der Waals surface area contributed by atoms with Gasteiger partial charge in [0.1, 0.15) is 23.9 Å². The van der Waals surface area contributed by atoms with Gasteiger partial charge >= 0.3 is 5.97 Å². The SMILES string of the molecule is CCC(=O)Oc1cccc(OC)c1COc1cc(Cl)c(CC)cc1C(F)F. The molecule has 0 heterocycles. The van der Waals surface area contributed by atoms with Crippen molar-refractivity contribution in [3.05, 3.63) is 52.0 Å². The first-order valence-corrected chi connectivity index (χ1v) is 8.88. The zero-order valence-corrected chi connectivity index (χ0v) is 16.1. The normalized spacial score (nSPS) is 10.8. The van der Waals surface area contributed by atoms with Gasteiger partial charge in [-0.1, -0.05) is 31.5 Å². The van der Waals surface area contributed by atoms with Crippen molar-refractivity contribution in [2.45, 2.75) is 39.7 Å². The molecule has 146 valence electrons. The first kappa shape index (κ1) is 21.0. The fraction of sp³-hybridized carbons (Fsp3) is 0.350. The van der Waals surface area contributed by atoms with E-state index >= 15 is 0 Å². The molecule has 0 aromatic heterocycles. The van der Waals surface area contributed by atoms with E-state index in [4.69, 9.17) is 25.8 Å². The minimum atomic E-state index is -2.71. The Kier molecular flexibility index (Phi) is 7.42. The molecule has 0 unspecified atom stereocenters. The van der Waals surface area contributed by atoms with E-state index < -0.39 is 12.4 Å². The van der Waals surface area contributed by atoms with Gasteiger partial charge in [-0.05, 0) is 36.2 Å². The molecule has 2 aromatic carbocycles. The molecule has 7 heteroatoms. The van der Waals surface area contributed by atoms with Gasteiger partial charge in [-0.3, -0.25) is 4.79 Å². The lowest BCUT2D eigenvalue weighted by Crippen LogP contribution is -2.10. The van der Waals surface area contributed by atoms with E-state index in [0.29, 0.717) is 28.3 Å². The van der Waals surface area contributed by atoms with Gasteiger partial charge in [0.05, 0.1) is 18.2 Å². The fourth-order valence-corrected chi connectivity index (χ4v) is 2.79. The van der Waals surface area contributed by atoms with E-state index in [1.165, 1.54) is 19.2 Å². The molecule has 0 atom stereocenters. The maximum Gasteiger partial charge on any atom is 0.310 e. The molecule has 2 rings (SSSR count). The van der Waals surface area contributed by atoms with E-state index in [1.807, 2.05) is 6.92 Å². The summed E-state index contributed by atoms with van der Waals surface area (Å²) in [5.74, 6) is 0.237. The summed E-state index contributed by atoms with van der Waals surface area (Å²) in [4.78, 5) is 11.6. The van der Waals surface area contributed by atoms with Gasteiger partial charge in [-0.25, -0.2) is 8.78 Å². The molecule has 0 bridgehead atoms. The van der Waals surface area contributed by atoms with Crippen molar-refractivity contribution in [3.8, 4) is 17.2 Å². The number of carbonyl (C=O) groups is 1. The number of hydrogen-bond donors (Lipinski definition) is 0. The van der Waals surface area contributed by atoms with Crippen LogP contribution in [0, 0.1) is 0 Å². The molecule has 2 aromatic rings. The van der Waals surface area contributed by atoms with E-state index in [9.17, 15) is 13.6 Å². The molecule has 0 saturated heterocycles. The minimum absolute atomic E-state index is 0.0223. The van der Waals surface area contributed by atoms with Crippen molar-refractivity contribution in [2.75, 3.05) is 7.11 Å². The third-order valence-electron chi connectivity index (χ3n) is 3.99. The number of hydrogen-bond acceptors (Lipinski definition) is 4. The van der Waals surface area contributed by atoms with E-state index in [2.05, 4.69) is 0 Å². The smallest absolute Gasteiger partial charge is 0.310 e. The summed E-state index contributed by atoms with van der Waals surface area (Å²) in [6, 6.07) is 7.66. The monoisotopic (exact) mass is 398 g/mol. The van der Waals surface area contributed by atoms with Crippen molar-refractivity contribution in [1.29, 1.82) is 0 Å². The van der Waals surface area contributed by atoms with Crippen LogP contribution >= 0.6 is 11.6 Å². The summed E-state index contributed by atoms with van der Waals surface area (Å²) < 4.78 is 43.1. The molecule has 0 aliphatic heterocycles. The molecule has 0 spiro atoms. The molecule has 0 amide bonds. The Morgan fingerprint density at radius 1 is 1.15 bits per heavy atom. The highest BCUT2D eigenvalue weighted by Crippen LogP contribution is 2.36. The van der Waals surface area contributed by atoms with Crippen molar-refractivity contribution in [3.63, 3.8) is 0 Å². The van der Waals surface area contributed by atoms with E-state index in [-0.39, 0.29) is 30.1 Å². The highest BCUT2D eigenvalue weighted by atomic mass is 35.5. The first-order chi connectivity index (χ1) is 12.9. The van der Waals surface area contributed by atoms with Crippen molar-refractivity contribution in [1.82, 2.24) is 0 Å². The Bertz CT molecular complexity index is 809. The quantitative estimate of drug-likeness (QED) is 0.420. The Labute approximate surface area is 162 Å². The lowest BCUT2D eigenvalue weighted by atomic mass is 10.1. The second-order valence-electron chi connectivity index (χ2n) is 5.69. The largest absolute Gasteiger partial charge is 0.496 e. The molecular weight excluding hydrogens is 378 g/mol. The van der Waals surface area contributed by atoms with Crippen LogP contribution in [-0.4, -0.2) is 13.1 Å². The Hall–Kier alpha value is -2.34. The fourth-order valence-electron chi connectivity index (χ4n) is 2.50. The number of methoxy groups -OCH3 is 1. The van der Waals surface area contributed by atoms with Gasteiger partial charge in [0.15, 0.2) is 0 Å². The van der Waals surface area contributed by atoms with Crippen LogP contribution in [0.4, 0.5) is 8.78 Å². The topological polar surface area (TPSA) is 44.8 Å². The van der Waals surface area contributed by atoms with Crippen LogP contribution in [-0.2, 0) is 17.8 Å². The highest BCUT2D eigenvalue weighted by Gasteiger charge is 2.19. The number of rotatable bonds is 8. The van der Waals surface area contributed by atoms with Crippen molar-refractivity contribution < 1.29 is 27.8 Å². The molecular formula is C20H21ClF2O4. The number of ether oxygens (including phenoxy) is 3. The van der Waals surface area contributed by atoms with Crippen LogP contribution in [0.25, 0.3) is 0 Å². The summed E-state index contributed by atoms with van der Waals surface area (Å²) in [6.07, 6.45) is -1.98. The van der Waals surface area contributed by atoms with Crippen LogP contribution in [0.2, 0.25) is 5.02 Å². The highest BCUT2D eigenvalue weighted by molar-refractivity contribution is 6.31. The third kappa shape index (κ3) is 5.10. The molecule has 0 aliphatic rings. The maximum atomic E-state index is 13.4. The lowest BCUT2D eigenvalue weighted by Gasteiger charge is -2.17. The molecule has 0 saturated carbocycles. The Balaban J connectivity index is 2.36. The molecule has 0 aliphatic carbocycles. The van der Waals surface area contributed by atoms with Crippen molar-refractivity contribution >= 4 is 17.6 Å². The zero-order valence-electron chi connectivity index (χ0n) is 15.4. The van der Waals surface area contributed by atoms with Gasteiger partial charge in [0, 0.05) is 11.4 Å². The molecule has 0 N–H and O–H groups in total. The van der Waals surface area contributed by atoms with Crippen LogP contribution in [0.5, 0.6) is 17.2 Å². The molecule has 0 fully saturated rings. The maximum absolute atomic E-state index is 13.4. The summed E-state index contributed by atoms with van der Waals surface area (Å²) >= 11 is 6.15. The second-order valence-corrected chi connectivity index (χ2v) is 6.10. The number of aryl methyl sites for hydroxylation is 1. The lowest BCUT2D eigenvalue weighted by molar-refractivity contribution is -0.134. The Morgan fingerprint density at radius 2 is 1.85 bits per heavy atom. The number of alkyl halides is 2. The van der Waals surface area contributed by atoms with E-state index in [0.717, 1.165) is 0 Å². The predicted molar refractivity (Wildman–Crippen MR) is 99.0 cm³/mol. The minimum Gasteiger partial charge on any atom is -0.496 e. The summed E-state index contributed by atoms with van der Waals surface area (Å²) in [5.41, 5.74) is 0.824. The number of halogens is 3. The molecule has 4 nitrogen and oxygen atoms in total. The first-order valence-electron chi connectivity index (χ1n) is 8.51. The zero-order chi connectivity index (χ0) is 20.0. The van der Waals surface area contributed by atoms with Gasteiger partial charge in [0.2, 0.25) is 0 Å². The van der Waals surface area contributed by atoms with Crippen LogP contribution in [0.3, 0.4) is 0 Å². The second kappa shape index (κ2) is 9.55. The molecule has 27 heavy (non-hydrogen) atoms. The van der Waals surface area contributed by atoms with Crippen LogP contribution < -0.4 is 14.2 Å². The summed E-state index contributed by atoms with van der Waals surface area (Å²) in [7, 11) is 1.46. The molecule has 0 radical (unpaired) electrons. The standard InChI is InChI=1S/C20H21ClF2O4/c1-4-12-9-13(20(22)23)18(10-15(12)21)26-11-14-16(25-3)7-6-8-17(14)27-19(24)5-2/h6-10,20H,4-5,11H2,1-3H3. The predicted octanol–water partition coefficient (Wildman–Crippen LogP) is 5.74. The summed E-state index contributed by atoms with van der Waals surface area (Å²) in [5, 5.41) is 0.356. The van der Waals surface area contributed by atoms with Crippen LogP contribution in [0.15, 0.2) is 30.3 Å². The average molecular weight is 399 g/mol. The van der Waals surface area contributed by atoms with Gasteiger partial charge in [0.25, 0.3) is 6.43 Å². The van der Waals surface area contributed by atoms with E-state index in [1.54, 1.807) is 25.1 Å². The van der Waals surface area contributed by atoms with Crippen molar-refractivity contribution in [2.24, 2.45) is 0 Å². The number of benzene rings is 2. The number of esters is 1. The van der Waals surface area contributed by atoms with Gasteiger partial charge < -0.3 is 14.2 Å². The summed E-state index contributed by atoms with van der Waals surface area (Å²) in [6.45, 7) is 3.38. The average Bonchev–Trinajstić information content (AvgIpc) is 2.66. The Morgan fingerprint density at radius 3 is 2.44 bits per heavy atom.